The van der Waals surface area contributed by atoms with E-state index in [-0.39, 0.29) is 18.3 Å². The van der Waals surface area contributed by atoms with Crippen LogP contribution in [0.25, 0.3) is 6.08 Å². The lowest BCUT2D eigenvalue weighted by Crippen LogP contribution is -2.27. The van der Waals surface area contributed by atoms with Gasteiger partial charge in [0.1, 0.15) is 12.4 Å². The zero-order chi connectivity index (χ0) is 23.4. The van der Waals surface area contributed by atoms with Gasteiger partial charge in [-0.05, 0) is 65.7 Å². The van der Waals surface area contributed by atoms with Crippen LogP contribution in [0, 0.1) is 17.1 Å². The number of ether oxygens (including phenoxy) is 2. The van der Waals surface area contributed by atoms with Gasteiger partial charge in [0, 0.05) is 0 Å². The van der Waals surface area contributed by atoms with Crippen LogP contribution in [0.4, 0.5) is 10.1 Å². The van der Waals surface area contributed by atoms with Crippen molar-refractivity contribution in [2.24, 2.45) is 0 Å². The lowest BCUT2D eigenvalue weighted by molar-refractivity contribution is -0.113. The lowest BCUT2D eigenvalue weighted by Gasteiger charge is -2.14. The number of hydrogen-bond donors (Lipinski definition) is 0. The minimum atomic E-state index is -0.301. The second kappa shape index (κ2) is 9.86. The van der Waals surface area contributed by atoms with Crippen molar-refractivity contribution in [1.29, 1.82) is 5.26 Å². The number of carbonyl (C=O) groups excluding carboxylic acids is 1. The van der Waals surface area contributed by atoms with E-state index in [1.54, 1.807) is 54.6 Å². The number of nitrogens with zero attached hydrogens (tertiary/aromatic N) is 2. The Labute approximate surface area is 200 Å². The zero-order valence-corrected chi connectivity index (χ0v) is 19.1. The Bertz CT molecular complexity index is 1280. The van der Waals surface area contributed by atoms with Crippen LogP contribution in [0.5, 0.6) is 11.5 Å². The predicted octanol–water partition coefficient (Wildman–Crippen LogP) is 5.69. The van der Waals surface area contributed by atoms with E-state index in [9.17, 15) is 9.18 Å². The third-order valence-corrected chi connectivity index (χ3v) is 6.14. The molecule has 1 aliphatic rings. The molecule has 0 radical (unpaired) electrons. The van der Waals surface area contributed by atoms with Crippen molar-refractivity contribution in [2.75, 3.05) is 12.0 Å². The Kier molecular flexibility index (Phi) is 6.73. The van der Waals surface area contributed by atoms with Crippen LogP contribution in [0.2, 0.25) is 0 Å². The van der Waals surface area contributed by atoms with Crippen LogP contribution < -0.4 is 14.4 Å². The Morgan fingerprint density at radius 3 is 2.48 bits per heavy atom. The van der Waals surface area contributed by atoms with E-state index < -0.39 is 0 Å². The van der Waals surface area contributed by atoms with Crippen molar-refractivity contribution in [2.45, 2.75) is 6.61 Å². The molecular weight excluding hydrogens is 459 g/mol. The quantitative estimate of drug-likeness (QED) is 0.336. The fourth-order valence-corrected chi connectivity index (χ4v) is 4.46. The molecule has 0 saturated carbocycles. The Balaban J connectivity index is 1.52. The number of nitriles is 1. The van der Waals surface area contributed by atoms with Gasteiger partial charge in [0.15, 0.2) is 15.8 Å². The summed E-state index contributed by atoms with van der Waals surface area (Å²) < 4.78 is 24.8. The molecular formula is C25H17FN2O3S2. The van der Waals surface area contributed by atoms with E-state index in [1.807, 2.05) is 6.07 Å². The molecule has 1 fully saturated rings. The maximum Gasteiger partial charge on any atom is 0.270 e. The third kappa shape index (κ3) is 5.06. The normalized spacial score (nSPS) is 14.5. The van der Waals surface area contributed by atoms with Gasteiger partial charge in [0.25, 0.3) is 5.91 Å². The van der Waals surface area contributed by atoms with Crippen molar-refractivity contribution in [3.05, 3.63) is 94.1 Å². The number of benzene rings is 3. The van der Waals surface area contributed by atoms with Crippen molar-refractivity contribution in [3.8, 4) is 17.6 Å². The second-order valence-electron chi connectivity index (χ2n) is 7.00. The topological polar surface area (TPSA) is 62.6 Å². The van der Waals surface area contributed by atoms with E-state index in [2.05, 4.69) is 6.07 Å². The van der Waals surface area contributed by atoms with E-state index in [0.29, 0.717) is 32.0 Å². The standard InChI is InChI=1S/C25H17FN2O3S2/c1-30-22-12-18(6-11-21(22)31-15-17-2-7-19(26)8-3-17)13-23-24(29)28(25(32)33-23)20-9-4-16(14-27)5-10-20/h2-13H,15H2,1H3/b23-13+. The highest BCUT2D eigenvalue weighted by Crippen LogP contribution is 2.37. The molecule has 1 saturated heterocycles. The molecule has 8 heteroatoms. The van der Waals surface area contributed by atoms with Gasteiger partial charge in [-0.1, -0.05) is 42.2 Å². The summed E-state index contributed by atoms with van der Waals surface area (Å²) in [5, 5.41) is 8.97. The largest absolute Gasteiger partial charge is 0.493 e. The molecule has 3 aromatic rings. The predicted molar refractivity (Wildman–Crippen MR) is 131 cm³/mol. The molecule has 0 spiro atoms. The summed E-state index contributed by atoms with van der Waals surface area (Å²) in [6, 6.07) is 20.2. The summed E-state index contributed by atoms with van der Waals surface area (Å²) in [5.74, 6) is 0.508. The monoisotopic (exact) mass is 476 g/mol. The molecule has 0 aromatic heterocycles. The Morgan fingerprint density at radius 1 is 1.09 bits per heavy atom. The molecule has 0 atom stereocenters. The second-order valence-corrected chi connectivity index (χ2v) is 8.68. The summed E-state index contributed by atoms with van der Waals surface area (Å²) in [6.07, 6.45) is 1.75. The summed E-state index contributed by atoms with van der Waals surface area (Å²) in [5.41, 5.74) is 2.70. The van der Waals surface area contributed by atoms with E-state index in [4.69, 9.17) is 27.0 Å². The van der Waals surface area contributed by atoms with Gasteiger partial charge in [0.05, 0.1) is 29.3 Å². The van der Waals surface area contributed by atoms with Gasteiger partial charge in [-0.25, -0.2) is 4.39 Å². The molecule has 5 nitrogen and oxygen atoms in total. The number of hydrogen-bond acceptors (Lipinski definition) is 6. The molecule has 33 heavy (non-hydrogen) atoms. The molecule has 1 heterocycles. The first-order valence-electron chi connectivity index (χ1n) is 9.82. The van der Waals surface area contributed by atoms with Crippen molar-refractivity contribution >= 4 is 46.0 Å². The fraction of sp³-hybridized carbons (Fsp3) is 0.0800. The SMILES string of the molecule is COc1cc(/C=C2/SC(=S)N(c3ccc(C#N)cc3)C2=O)ccc1OCc1ccc(F)cc1. The highest BCUT2D eigenvalue weighted by molar-refractivity contribution is 8.27. The van der Waals surface area contributed by atoms with E-state index in [0.717, 1.165) is 11.1 Å². The highest BCUT2D eigenvalue weighted by atomic mass is 32.2. The average Bonchev–Trinajstić information content (AvgIpc) is 3.11. The first-order chi connectivity index (χ1) is 16.0. The van der Waals surface area contributed by atoms with Crippen molar-refractivity contribution in [3.63, 3.8) is 0 Å². The number of methoxy groups -OCH3 is 1. The first-order valence-corrected chi connectivity index (χ1v) is 11.0. The van der Waals surface area contributed by atoms with Gasteiger partial charge < -0.3 is 9.47 Å². The van der Waals surface area contributed by atoms with Crippen LogP contribution in [-0.2, 0) is 11.4 Å². The minimum Gasteiger partial charge on any atom is -0.493 e. The third-order valence-electron chi connectivity index (χ3n) is 4.84. The van der Waals surface area contributed by atoms with Crippen LogP contribution in [0.1, 0.15) is 16.7 Å². The minimum absolute atomic E-state index is 0.231. The summed E-state index contributed by atoms with van der Waals surface area (Å²) >= 11 is 6.62. The molecule has 0 N–H and O–H groups in total. The molecule has 0 bridgehead atoms. The Morgan fingerprint density at radius 2 is 1.82 bits per heavy atom. The van der Waals surface area contributed by atoms with Crippen molar-refractivity contribution < 1.29 is 18.7 Å². The summed E-state index contributed by atoms with van der Waals surface area (Å²) in [6.45, 7) is 0.263. The van der Waals surface area contributed by atoms with Gasteiger partial charge in [-0.2, -0.15) is 5.26 Å². The number of carbonyl (C=O) groups is 1. The number of anilines is 1. The maximum atomic E-state index is 13.1. The summed E-state index contributed by atoms with van der Waals surface area (Å²) in [7, 11) is 1.54. The van der Waals surface area contributed by atoms with Crippen LogP contribution >= 0.6 is 24.0 Å². The fourth-order valence-electron chi connectivity index (χ4n) is 3.16. The number of thioether (sulfide) groups is 1. The molecule has 164 valence electrons. The van der Waals surface area contributed by atoms with Crippen LogP contribution in [-0.4, -0.2) is 17.3 Å². The number of halogens is 1. The van der Waals surface area contributed by atoms with E-state index >= 15 is 0 Å². The van der Waals surface area contributed by atoms with Gasteiger partial charge in [-0.3, -0.25) is 9.69 Å². The molecule has 3 aromatic carbocycles. The number of amides is 1. The van der Waals surface area contributed by atoms with Crippen LogP contribution in [0.15, 0.2) is 71.6 Å². The van der Waals surface area contributed by atoms with Gasteiger partial charge in [-0.15, -0.1) is 0 Å². The van der Waals surface area contributed by atoms with Gasteiger partial charge >= 0.3 is 0 Å². The lowest BCUT2D eigenvalue weighted by atomic mass is 10.1. The Hall–Kier alpha value is -3.67. The molecule has 4 rings (SSSR count). The number of thiocarbonyl (C=S) groups is 1. The molecule has 1 amide bonds. The molecule has 1 aliphatic heterocycles. The maximum absolute atomic E-state index is 13.1. The zero-order valence-electron chi connectivity index (χ0n) is 17.4. The van der Waals surface area contributed by atoms with Crippen molar-refractivity contribution in [1.82, 2.24) is 0 Å². The van der Waals surface area contributed by atoms with E-state index in [1.165, 1.54) is 35.9 Å². The number of rotatable bonds is 6. The highest BCUT2D eigenvalue weighted by Gasteiger charge is 2.33. The smallest absolute Gasteiger partial charge is 0.270 e. The average molecular weight is 477 g/mol. The molecule has 0 unspecified atom stereocenters. The molecule has 0 aliphatic carbocycles. The summed E-state index contributed by atoms with van der Waals surface area (Å²) in [4.78, 5) is 14.9. The van der Waals surface area contributed by atoms with Gasteiger partial charge in [0.2, 0.25) is 0 Å². The van der Waals surface area contributed by atoms with Crippen LogP contribution in [0.3, 0.4) is 0 Å². The first kappa shape index (κ1) is 22.5.